The van der Waals surface area contributed by atoms with Crippen molar-refractivity contribution in [3.8, 4) is 21.1 Å². The summed E-state index contributed by atoms with van der Waals surface area (Å²) in [5.41, 5.74) is -1.92. The van der Waals surface area contributed by atoms with E-state index in [1.807, 2.05) is 0 Å². The van der Waals surface area contributed by atoms with E-state index in [4.69, 9.17) is 0 Å². The van der Waals surface area contributed by atoms with Crippen LogP contribution in [-0.4, -0.2) is 40.9 Å². The van der Waals surface area contributed by atoms with Crippen LogP contribution >= 0.6 is 34.4 Å². The van der Waals surface area contributed by atoms with Crippen LogP contribution in [0.1, 0.15) is 26.2 Å². The van der Waals surface area contributed by atoms with Gasteiger partial charge >= 0.3 is 12.4 Å². The minimum absolute atomic E-state index is 0. The van der Waals surface area contributed by atoms with E-state index >= 15 is 0 Å². The Morgan fingerprint density at radius 2 is 1.21 bits per heavy atom. The number of aromatic nitrogens is 4. The Balaban J connectivity index is 0.000000363. The van der Waals surface area contributed by atoms with Gasteiger partial charge in [-0.2, -0.15) is 26.3 Å². The topological polar surface area (TPSA) is 85.7 Å². The minimum atomic E-state index is -4.73. The molecule has 0 radical (unpaired) electrons. The van der Waals surface area contributed by atoms with E-state index in [9.17, 15) is 34.8 Å². The maximum absolute atomic E-state index is 12.7. The molecular formula is C22H22F6N4O2S4. The molecule has 0 unspecified atom stereocenters. The average Bonchev–Trinajstić information content (AvgIpc) is 3.51. The summed E-state index contributed by atoms with van der Waals surface area (Å²) in [6, 6.07) is 8.41. The van der Waals surface area contributed by atoms with Gasteiger partial charge in [-0.05, 0) is 41.3 Å². The van der Waals surface area contributed by atoms with E-state index in [1.165, 1.54) is 11.3 Å². The molecule has 4 aromatic rings. The van der Waals surface area contributed by atoms with E-state index in [-0.39, 0.29) is 25.7 Å². The van der Waals surface area contributed by atoms with Gasteiger partial charge in [-0.15, -0.1) is 22.7 Å². The molecule has 0 fully saturated rings. The number of thiophene rings is 2. The van der Waals surface area contributed by atoms with Crippen LogP contribution in [0.4, 0.5) is 26.3 Å². The lowest BCUT2D eigenvalue weighted by molar-refractivity contribution is -0.142. The lowest BCUT2D eigenvalue weighted by Gasteiger charge is -2.08. The van der Waals surface area contributed by atoms with Gasteiger partial charge in [-0.1, -0.05) is 38.7 Å². The first-order valence-corrected chi connectivity index (χ1v) is 14.3. The number of halogens is 6. The lowest BCUT2D eigenvalue weighted by atomic mass is 10.3. The van der Waals surface area contributed by atoms with Gasteiger partial charge in [-0.3, -0.25) is 0 Å². The summed E-state index contributed by atoms with van der Waals surface area (Å²) >= 11 is 3.60. The van der Waals surface area contributed by atoms with Crippen molar-refractivity contribution in [3.63, 3.8) is 0 Å². The van der Waals surface area contributed by atoms with E-state index < -0.39 is 38.7 Å². The first-order chi connectivity index (χ1) is 16.7. The van der Waals surface area contributed by atoms with Gasteiger partial charge in [0, 0.05) is 6.26 Å². The highest BCUT2D eigenvalue weighted by Gasteiger charge is 2.35. The number of nitrogens with zero attached hydrogens (tertiary/aromatic N) is 4. The second-order valence-corrected chi connectivity index (χ2v) is 11.3. The van der Waals surface area contributed by atoms with Crippen LogP contribution in [0.2, 0.25) is 0 Å². The zero-order valence-electron chi connectivity index (χ0n) is 18.1. The third-order valence-corrected chi connectivity index (χ3v) is 7.23. The van der Waals surface area contributed by atoms with E-state index in [1.54, 1.807) is 41.3 Å². The van der Waals surface area contributed by atoms with Crippen molar-refractivity contribution < 1.29 is 34.8 Å². The molecule has 0 aliphatic rings. The van der Waals surface area contributed by atoms with Crippen LogP contribution < -0.4 is 0 Å². The van der Waals surface area contributed by atoms with Crippen LogP contribution in [0, 0.1) is 0 Å². The Morgan fingerprint density at radius 1 is 0.763 bits per heavy atom. The summed E-state index contributed by atoms with van der Waals surface area (Å²) in [6.45, 7) is 0. The molecule has 16 heteroatoms. The molecule has 4 heterocycles. The van der Waals surface area contributed by atoms with Crippen LogP contribution in [-0.2, 0) is 22.2 Å². The Labute approximate surface area is 228 Å². The highest BCUT2D eigenvalue weighted by molar-refractivity contribution is 7.98. The lowest BCUT2D eigenvalue weighted by Crippen LogP contribution is -2.13. The number of sulfone groups is 1. The number of alkyl halides is 6. The summed E-state index contributed by atoms with van der Waals surface area (Å²) in [6.07, 6.45) is -6.76. The van der Waals surface area contributed by atoms with Gasteiger partial charge in [-0.25, -0.2) is 28.4 Å². The highest BCUT2D eigenvalue weighted by Crippen LogP contribution is 2.33. The van der Waals surface area contributed by atoms with Gasteiger partial charge < -0.3 is 0 Å². The second kappa shape index (κ2) is 13.0. The maximum Gasteiger partial charge on any atom is 0.433 e. The van der Waals surface area contributed by atoms with Gasteiger partial charge in [0.05, 0.1) is 21.1 Å². The summed E-state index contributed by atoms with van der Waals surface area (Å²) < 4.78 is 98.7. The fourth-order valence-electron chi connectivity index (χ4n) is 2.50. The number of hydrogen-bond donors (Lipinski definition) is 0. The molecule has 6 nitrogen and oxygen atoms in total. The number of rotatable bonds is 4. The highest BCUT2D eigenvalue weighted by atomic mass is 32.2. The van der Waals surface area contributed by atoms with Gasteiger partial charge in [0.1, 0.15) is 11.4 Å². The predicted octanol–water partition coefficient (Wildman–Crippen LogP) is 7.85. The van der Waals surface area contributed by atoms with E-state index in [2.05, 4.69) is 19.9 Å². The van der Waals surface area contributed by atoms with E-state index in [0.29, 0.717) is 15.4 Å². The zero-order chi connectivity index (χ0) is 26.7. The summed E-state index contributed by atoms with van der Waals surface area (Å²) in [5.74, 6) is 0. The summed E-state index contributed by atoms with van der Waals surface area (Å²) in [5, 5.41) is 2.75. The molecule has 0 bridgehead atoms. The smallest absolute Gasteiger partial charge is 0.222 e. The van der Waals surface area contributed by atoms with Gasteiger partial charge in [0.15, 0.2) is 5.16 Å². The molecule has 0 saturated carbocycles. The predicted molar refractivity (Wildman–Crippen MR) is 139 cm³/mol. The van der Waals surface area contributed by atoms with Crippen molar-refractivity contribution in [1.29, 1.82) is 0 Å². The Bertz CT molecular complexity index is 1420. The first kappa shape index (κ1) is 33.5. The SMILES string of the molecule is C.C.CS(=O)(=O)c1nc(-c2cccs2)cc(C(F)(F)F)n1.CSc1nc(-c2cccs2)cc(C(F)(F)F)n1. The Kier molecular flexibility index (Phi) is 11.4. The largest absolute Gasteiger partial charge is 0.433 e. The molecule has 0 saturated heterocycles. The maximum atomic E-state index is 12.7. The molecule has 0 spiro atoms. The van der Waals surface area contributed by atoms with Crippen molar-refractivity contribution in [2.45, 2.75) is 37.5 Å². The van der Waals surface area contributed by atoms with E-state index in [0.717, 1.165) is 41.5 Å². The van der Waals surface area contributed by atoms with Crippen molar-refractivity contribution in [2.24, 2.45) is 0 Å². The molecule has 4 rings (SSSR count). The summed E-state index contributed by atoms with van der Waals surface area (Å²) in [4.78, 5) is 15.4. The molecule has 38 heavy (non-hydrogen) atoms. The number of thioether (sulfide) groups is 1. The molecule has 0 aliphatic carbocycles. The Hall–Kier alpha value is -2.56. The standard InChI is InChI=1S/C10H7F3N2O2S2.C10H7F3N2S2.2CH4/c1-19(16,17)9-14-6(7-3-2-4-18-7)5-8(15-9)10(11,12)13;1-16-9-14-6(7-3-2-4-17-7)5-8(15-9)10(11,12)13;;/h2-5H,1H3;2-5H,1H3;2*1H4. The molecule has 4 aromatic heterocycles. The molecule has 0 aromatic carbocycles. The molecule has 0 N–H and O–H groups in total. The van der Waals surface area contributed by atoms with Crippen LogP contribution in [0.3, 0.4) is 0 Å². The molecule has 208 valence electrons. The second-order valence-electron chi connectivity index (χ2n) is 6.77. The normalized spacial score (nSPS) is 11.6. The molecular weight excluding hydrogens is 595 g/mol. The Morgan fingerprint density at radius 3 is 1.58 bits per heavy atom. The fourth-order valence-corrected chi connectivity index (χ4v) is 4.78. The van der Waals surface area contributed by atoms with Crippen LogP contribution in [0.15, 0.2) is 57.5 Å². The van der Waals surface area contributed by atoms with Crippen molar-refractivity contribution in [1.82, 2.24) is 19.9 Å². The fraction of sp³-hybridized carbons (Fsp3) is 0.273. The van der Waals surface area contributed by atoms with Crippen molar-refractivity contribution >= 4 is 44.3 Å². The van der Waals surface area contributed by atoms with Crippen molar-refractivity contribution in [3.05, 3.63) is 58.5 Å². The van der Waals surface area contributed by atoms with Crippen LogP contribution in [0.5, 0.6) is 0 Å². The molecule has 0 atom stereocenters. The molecule has 0 aliphatic heterocycles. The number of hydrogen-bond acceptors (Lipinski definition) is 9. The third kappa shape index (κ3) is 8.74. The summed E-state index contributed by atoms with van der Waals surface area (Å²) in [7, 11) is -3.92. The quantitative estimate of drug-likeness (QED) is 0.131. The van der Waals surface area contributed by atoms with Gasteiger partial charge in [0.25, 0.3) is 0 Å². The van der Waals surface area contributed by atoms with Gasteiger partial charge in [0.2, 0.25) is 15.0 Å². The van der Waals surface area contributed by atoms with Crippen LogP contribution in [0.25, 0.3) is 21.1 Å². The molecule has 0 amide bonds. The average molecular weight is 617 g/mol. The third-order valence-electron chi connectivity index (χ3n) is 4.05. The van der Waals surface area contributed by atoms with Crippen molar-refractivity contribution in [2.75, 3.05) is 12.5 Å². The minimum Gasteiger partial charge on any atom is -0.222 e. The monoisotopic (exact) mass is 616 g/mol. The zero-order valence-corrected chi connectivity index (χ0v) is 21.4. The first-order valence-electron chi connectivity index (χ1n) is 9.43.